The molecular formula is C24H45NO3. The highest BCUT2D eigenvalue weighted by Gasteiger charge is 1.97. The second kappa shape index (κ2) is 22.2. The van der Waals surface area contributed by atoms with Crippen LogP contribution in [0.2, 0.25) is 0 Å². The summed E-state index contributed by atoms with van der Waals surface area (Å²) < 4.78 is 0. The van der Waals surface area contributed by atoms with Crippen molar-refractivity contribution in [3.63, 3.8) is 0 Å². The fourth-order valence-electron chi connectivity index (χ4n) is 3.09. The van der Waals surface area contributed by atoms with Crippen LogP contribution in [-0.4, -0.2) is 35.4 Å². The maximum atomic E-state index is 11.5. The summed E-state index contributed by atoms with van der Waals surface area (Å²) in [6, 6.07) is 0. The fourth-order valence-corrected chi connectivity index (χ4v) is 3.09. The van der Waals surface area contributed by atoms with Gasteiger partial charge in [-0.3, -0.25) is 4.79 Å². The molecule has 28 heavy (non-hydrogen) atoms. The van der Waals surface area contributed by atoms with Crippen molar-refractivity contribution in [2.75, 3.05) is 13.2 Å². The first-order valence-corrected chi connectivity index (χ1v) is 11.6. The van der Waals surface area contributed by atoms with Crippen LogP contribution in [0.4, 0.5) is 0 Å². The minimum Gasteiger partial charge on any atom is -0.396 e. The first-order valence-electron chi connectivity index (χ1n) is 11.6. The minimum absolute atomic E-state index is 0.0424. The lowest BCUT2D eigenvalue weighted by Crippen LogP contribution is -2.21. The van der Waals surface area contributed by atoms with Gasteiger partial charge in [0.1, 0.15) is 0 Å². The standard InChI is InChI=1S/C24H45NO3/c1-2-3-15-19-24(28)25-21-17-14-12-10-8-6-4-5-7-9-11-13-16-18-23(27)20-22-26/h15-16,18-19,23,26-27H,2-14,17,20-22H2,1H3,(H,25,28)/b18-16+,19-15+. The molecule has 0 aromatic rings. The number of nitrogens with one attached hydrogen (secondary N) is 1. The zero-order valence-electron chi connectivity index (χ0n) is 18.2. The Morgan fingerprint density at radius 3 is 2.00 bits per heavy atom. The van der Waals surface area contributed by atoms with Gasteiger partial charge in [-0.05, 0) is 38.2 Å². The molecule has 164 valence electrons. The molecule has 0 radical (unpaired) electrons. The van der Waals surface area contributed by atoms with Gasteiger partial charge in [-0.1, -0.05) is 89.4 Å². The van der Waals surface area contributed by atoms with Crippen molar-refractivity contribution in [2.45, 2.75) is 109 Å². The molecule has 0 aliphatic carbocycles. The molecule has 0 rings (SSSR count). The van der Waals surface area contributed by atoms with Crippen LogP contribution < -0.4 is 5.32 Å². The predicted molar refractivity (Wildman–Crippen MR) is 119 cm³/mol. The molecule has 0 saturated heterocycles. The van der Waals surface area contributed by atoms with Gasteiger partial charge in [-0.25, -0.2) is 0 Å². The number of aliphatic hydroxyl groups excluding tert-OH is 2. The van der Waals surface area contributed by atoms with E-state index in [1.165, 1.54) is 64.2 Å². The van der Waals surface area contributed by atoms with Gasteiger partial charge in [-0.15, -0.1) is 0 Å². The topological polar surface area (TPSA) is 69.6 Å². The van der Waals surface area contributed by atoms with Crippen LogP contribution in [0, 0.1) is 0 Å². The lowest BCUT2D eigenvalue weighted by molar-refractivity contribution is -0.116. The van der Waals surface area contributed by atoms with Crippen molar-refractivity contribution in [2.24, 2.45) is 0 Å². The van der Waals surface area contributed by atoms with E-state index in [2.05, 4.69) is 12.2 Å². The number of aliphatic hydroxyl groups is 2. The van der Waals surface area contributed by atoms with E-state index in [1.807, 2.05) is 12.2 Å². The highest BCUT2D eigenvalue weighted by Crippen LogP contribution is 2.12. The lowest BCUT2D eigenvalue weighted by atomic mass is 10.0. The second-order valence-electron chi connectivity index (χ2n) is 7.67. The zero-order chi connectivity index (χ0) is 20.7. The summed E-state index contributed by atoms with van der Waals surface area (Å²) in [6.45, 7) is 2.95. The molecule has 0 aromatic carbocycles. The quantitative estimate of drug-likeness (QED) is 0.146. The highest BCUT2D eigenvalue weighted by atomic mass is 16.3. The molecular weight excluding hydrogens is 350 g/mol. The van der Waals surface area contributed by atoms with Gasteiger partial charge < -0.3 is 15.5 Å². The van der Waals surface area contributed by atoms with Crippen LogP contribution in [-0.2, 0) is 4.79 Å². The van der Waals surface area contributed by atoms with Gasteiger partial charge in [0, 0.05) is 13.2 Å². The first kappa shape index (κ1) is 26.9. The summed E-state index contributed by atoms with van der Waals surface area (Å²) in [5.41, 5.74) is 0. The molecule has 0 spiro atoms. The predicted octanol–water partition coefficient (Wildman–Crippen LogP) is 5.44. The van der Waals surface area contributed by atoms with Gasteiger partial charge in [0.15, 0.2) is 0 Å². The number of carbonyl (C=O) groups is 1. The van der Waals surface area contributed by atoms with Crippen LogP contribution in [0.5, 0.6) is 0 Å². The number of hydrogen-bond donors (Lipinski definition) is 3. The van der Waals surface area contributed by atoms with Crippen molar-refractivity contribution < 1.29 is 15.0 Å². The molecule has 1 amide bonds. The summed E-state index contributed by atoms with van der Waals surface area (Å²) in [5.74, 6) is 0.0451. The van der Waals surface area contributed by atoms with Crippen molar-refractivity contribution in [1.82, 2.24) is 5.32 Å². The molecule has 0 bridgehead atoms. The third-order valence-corrected chi connectivity index (χ3v) is 4.85. The van der Waals surface area contributed by atoms with Gasteiger partial charge in [0.05, 0.1) is 6.10 Å². The van der Waals surface area contributed by atoms with Crippen molar-refractivity contribution in [3.8, 4) is 0 Å². The molecule has 1 unspecified atom stereocenters. The largest absolute Gasteiger partial charge is 0.396 e. The molecule has 0 saturated carbocycles. The summed E-state index contributed by atoms with van der Waals surface area (Å²) in [4.78, 5) is 11.5. The SMILES string of the molecule is CCC/C=C/C(=O)NCCCCCCCCCCCCC/C=C/C(O)CCO. The van der Waals surface area contributed by atoms with Gasteiger partial charge in [-0.2, -0.15) is 0 Å². The van der Waals surface area contributed by atoms with Crippen LogP contribution in [0.1, 0.15) is 103 Å². The number of rotatable bonds is 20. The normalized spacial score (nSPS) is 12.8. The van der Waals surface area contributed by atoms with Crippen LogP contribution in [0.15, 0.2) is 24.3 Å². The lowest BCUT2D eigenvalue weighted by Gasteiger charge is -2.04. The van der Waals surface area contributed by atoms with Gasteiger partial charge >= 0.3 is 0 Å². The molecule has 0 heterocycles. The van der Waals surface area contributed by atoms with E-state index in [-0.39, 0.29) is 12.5 Å². The van der Waals surface area contributed by atoms with Crippen LogP contribution in [0.25, 0.3) is 0 Å². The fraction of sp³-hybridized carbons (Fsp3) is 0.792. The Morgan fingerprint density at radius 2 is 1.43 bits per heavy atom. The van der Waals surface area contributed by atoms with Crippen molar-refractivity contribution in [3.05, 3.63) is 24.3 Å². The van der Waals surface area contributed by atoms with Gasteiger partial charge in [0.25, 0.3) is 0 Å². The molecule has 0 fully saturated rings. The molecule has 3 N–H and O–H groups in total. The summed E-state index contributed by atoms with van der Waals surface area (Å²) in [6.07, 6.45) is 24.4. The highest BCUT2D eigenvalue weighted by molar-refractivity contribution is 5.87. The van der Waals surface area contributed by atoms with E-state index in [0.717, 1.165) is 32.2 Å². The van der Waals surface area contributed by atoms with E-state index in [9.17, 15) is 9.90 Å². The Bertz CT molecular complexity index is 393. The molecule has 0 aliphatic heterocycles. The second-order valence-corrected chi connectivity index (χ2v) is 7.67. The van der Waals surface area contributed by atoms with Crippen LogP contribution >= 0.6 is 0 Å². The van der Waals surface area contributed by atoms with E-state index in [0.29, 0.717) is 6.42 Å². The third-order valence-electron chi connectivity index (χ3n) is 4.85. The molecule has 0 aliphatic rings. The summed E-state index contributed by atoms with van der Waals surface area (Å²) in [7, 11) is 0. The number of unbranched alkanes of at least 4 members (excludes halogenated alkanes) is 12. The van der Waals surface area contributed by atoms with E-state index >= 15 is 0 Å². The van der Waals surface area contributed by atoms with Crippen molar-refractivity contribution in [1.29, 1.82) is 0 Å². The number of carbonyl (C=O) groups excluding carboxylic acids is 1. The van der Waals surface area contributed by atoms with Crippen molar-refractivity contribution >= 4 is 5.91 Å². The summed E-state index contributed by atoms with van der Waals surface area (Å²) in [5, 5.41) is 21.1. The Morgan fingerprint density at radius 1 is 0.857 bits per heavy atom. The maximum absolute atomic E-state index is 11.5. The average molecular weight is 396 g/mol. The van der Waals surface area contributed by atoms with Gasteiger partial charge in [0.2, 0.25) is 5.91 Å². The van der Waals surface area contributed by atoms with E-state index < -0.39 is 6.10 Å². The molecule has 1 atom stereocenters. The molecule has 4 nitrogen and oxygen atoms in total. The monoisotopic (exact) mass is 395 g/mol. The Kier molecular flexibility index (Phi) is 21.3. The number of hydrogen-bond acceptors (Lipinski definition) is 3. The maximum Gasteiger partial charge on any atom is 0.243 e. The van der Waals surface area contributed by atoms with Crippen LogP contribution in [0.3, 0.4) is 0 Å². The minimum atomic E-state index is -0.489. The summed E-state index contributed by atoms with van der Waals surface area (Å²) >= 11 is 0. The zero-order valence-corrected chi connectivity index (χ0v) is 18.2. The smallest absolute Gasteiger partial charge is 0.243 e. The number of allylic oxidation sites excluding steroid dienone is 2. The Hall–Kier alpha value is -1.13. The molecule has 0 aromatic heterocycles. The average Bonchev–Trinajstić information content (AvgIpc) is 2.68. The number of amides is 1. The third kappa shape index (κ3) is 21.2. The molecule has 4 heteroatoms. The van der Waals surface area contributed by atoms with E-state index in [4.69, 9.17) is 5.11 Å². The Labute approximate surface area is 173 Å². The van der Waals surface area contributed by atoms with E-state index in [1.54, 1.807) is 12.2 Å². The Balaban J connectivity index is 3.21. The first-order chi connectivity index (χ1) is 13.7.